The molecule has 22 heavy (non-hydrogen) atoms. The normalized spacial score (nSPS) is 19.6. The number of hydrogen-bond donors (Lipinski definition) is 0. The summed E-state index contributed by atoms with van der Waals surface area (Å²) in [7, 11) is 1.61. The Hall–Kier alpha value is -1.95. The largest absolute Gasteiger partial charge is 0.481 e. The van der Waals surface area contributed by atoms with Crippen LogP contribution in [0.15, 0.2) is 23.3 Å². The number of methoxy groups -OCH3 is 1. The molecule has 1 fully saturated rings. The molecule has 3 rings (SSSR count). The molecular weight excluding hydrogens is 282 g/mol. The van der Waals surface area contributed by atoms with Gasteiger partial charge in [0.15, 0.2) is 0 Å². The number of nitrogens with zero attached hydrogens (tertiary/aromatic N) is 3. The van der Waals surface area contributed by atoms with E-state index in [4.69, 9.17) is 9.47 Å². The number of ether oxygens (including phenoxy) is 2. The number of carbonyl (C=O) groups is 1. The van der Waals surface area contributed by atoms with E-state index in [1.165, 1.54) is 0 Å². The second-order valence-electron chi connectivity index (χ2n) is 5.66. The van der Waals surface area contributed by atoms with Crippen LogP contribution in [-0.2, 0) is 16.1 Å². The van der Waals surface area contributed by atoms with Crippen LogP contribution in [0.25, 0.3) is 0 Å². The van der Waals surface area contributed by atoms with Gasteiger partial charge in [-0.25, -0.2) is 9.98 Å². The Labute approximate surface area is 130 Å². The van der Waals surface area contributed by atoms with Gasteiger partial charge in [-0.2, -0.15) is 0 Å². The molecule has 118 valence electrons. The number of carbonyl (C=O) groups excluding carboxylic acids is 1. The molecule has 0 atom stereocenters. The molecule has 1 aromatic rings. The Morgan fingerprint density at radius 3 is 2.82 bits per heavy atom. The van der Waals surface area contributed by atoms with Crippen molar-refractivity contribution in [1.29, 1.82) is 0 Å². The maximum Gasteiger partial charge on any atom is 0.253 e. The van der Waals surface area contributed by atoms with Gasteiger partial charge in [0.05, 0.1) is 13.7 Å². The molecule has 0 saturated carbocycles. The lowest BCUT2D eigenvalue weighted by Crippen LogP contribution is -2.38. The number of ketones is 1. The highest BCUT2D eigenvalue weighted by Gasteiger charge is 2.30. The van der Waals surface area contributed by atoms with Gasteiger partial charge in [-0.15, -0.1) is 0 Å². The minimum atomic E-state index is 0.0575. The van der Waals surface area contributed by atoms with Gasteiger partial charge in [-0.1, -0.05) is 6.07 Å². The van der Waals surface area contributed by atoms with Gasteiger partial charge in [0.25, 0.3) is 5.90 Å². The van der Waals surface area contributed by atoms with E-state index < -0.39 is 0 Å². The zero-order chi connectivity index (χ0) is 15.4. The van der Waals surface area contributed by atoms with E-state index in [1.807, 2.05) is 18.3 Å². The predicted molar refractivity (Wildman–Crippen MR) is 82.1 cm³/mol. The third-order valence-electron chi connectivity index (χ3n) is 4.17. The van der Waals surface area contributed by atoms with Crippen molar-refractivity contribution in [2.75, 3.05) is 33.4 Å². The van der Waals surface area contributed by atoms with Crippen molar-refractivity contribution in [1.82, 2.24) is 9.88 Å². The number of hydrogen-bond acceptors (Lipinski definition) is 6. The van der Waals surface area contributed by atoms with Crippen molar-refractivity contribution in [3.05, 3.63) is 23.9 Å². The number of rotatable bonds is 5. The lowest BCUT2D eigenvalue weighted by Gasteiger charge is -2.30. The third kappa shape index (κ3) is 3.44. The summed E-state index contributed by atoms with van der Waals surface area (Å²) in [5, 5.41) is 0. The summed E-state index contributed by atoms with van der Waals surface area (Å²) in [6.07, 6.45) is 3.58. The van der Waals surface area contributed by atoms with Crippen molar-refractivity contribution in [3.63, 3.8) is 0 Å². The molecule has 3 heterocycles. The summed E-state index contributed by atoms with van der Waals surface area (Å²) in [4.78, 5) is 22.9. The zero-order valence-electron chi connectivity index (χ0n) is 12.8. The van der Waals surface area contributed by atoms with E-state index in [-0.39, 0.29) is 11.7 Å². The average molecular weight is 303 g/mol. The Morgan fingerprint density at radius 2 is 2.23 bits per heavy atom. The van der Waals surface area contributed by atoms with Crippen LogP contribution in [0.4, 0.5) is 0 Å². The summed E-state index contributed by atoms with van der Waals surface area (Å²) in [6.45, 7) is 3.84. The molecule has 2 aliphatic heterocycles. The van der Waals surface area contributed by atoms with Gasteiger partial charge in [0.1, 0.15) is 6.61 Å². The van der Waals surface area contributed by atoms with Crippen LogP contribution < -0.4 is 4.74 Å². The smallest absolute Gasteiger partial charge is 0.253 e. The molecule has 0 radical (unpaired) electrons. The van der Waals surface area contributed by atoms with Crippen LogP contribution >= 0.6 is 0 Å². The van der Waals surface area contributed by atoms with Crippen LogP contribution in [-0.4, -0.2) is 54.9 Å². The first-order valence-corrected chi connectivity index (χ1v) is 7.69. The molecule has 0 aromatic carbocycles. The molecule has 0 N–H and O–H groups in total. The molecule has 6 heteroatoms. The molecular formula is C16H21N3O3. The van der Waals surface area contributed by atoms with E-state index >= 15 is 0 Å². The van der Waals surface area contributed by atoms with E-state index in [1.54, 1.807) is 7.11 Å². The van der Waals surface area contributed by atoms with E-state index in [9.17, 15) is 4.79 Å². The minimum Gasteiger partial charge on any atom is -0.481 e. The van der Waals surface area contributed by atoms with Crippen LogP contribution in [0.2, 0.25) is 0 Å². The predicted octanol–water partition coefficient (Wildman–Crippen LogP) is 1.30. The number of likely N-dealkylation sites (tertiary alicyclic amines) is 1. The third-order valence-corrected chi connectivity index (χ3v) is 4.17. The summed E-state index contributed by atoms with van der Waals surface area (Å²) in [5.74, 6) is 1.12. The van der Waals surface area contributed by atoms with Crippen molar-refractivity contribution in [2.45, 2.75) is 19.4 Å². The molecule has 0 spiro atoms. The van der Waals surface area contributed by atoms with E-state index in [0.717, 1.165) is 38.0 Å². The highest BCUT2D eigenvalue weighted by atomic mass is 16.5. The first kappa shape index (κ1) is 15.0. The maximum absolute atomic E-state index is 12.2. The fourth-order valence-corrected chi connectivity index (χ4v) is 2.90. The first-order valence-electron chi connectivity index (χ1n) is 7.69. The summed E-state index contributed by atoms with van der Waals surface area (Å²) < 4.78 is 10.3. The Morgan fingerprint density at radius 1 is 1.41 bits per heavy atom. The van der Waals surface area contributed by atoms with Gasteiger partial charge in [0.2, 0.25) is 11.7 Å². The summed E-state index contributed by atoms with van der Waals surface area (Å²) >= 11 is 0. The fourth-order valence-electron chi connectivity index (χ4n) is 2.90. The van der Waals surface area contributed by atoms with Crippen molar-refractivity contribution < 1.29 is 14.3 Å². The lowest BCUT2D eigenvalue weighted by atomic mass is 9.92. The van der Waals surface area contributed by atoms with Crippen LogP contribution in [0.1, 0.15) is 18.4 Å². The second-order valence-corrected chi connectivity index (χ2v) is 5.66. The van der Waals surface area contributed by atoms with Crippen molar-refractivity contribution in [3.8, 4) is 5.88 Å². The van der Waals surface area contributed by atoms with E-state index in [0.29, 0.717) is 24.9 Å². The highest BCUT2D eigenvalue weighted by molar-refractivity contribution is 6.37. The Balaban J connectivity index is 1.49. The number of aliphatic imine (C=N–C) groups is 1. The summed E-state index contributed by atoms with van der Waals surface area (Å²) in [5.41, 5.74) is 1.16. The molecule has 1 saturated heterocycles. The van der Waals surface area contributed by atoms with Crippen LogP contribution in [0.3, 0.4) is 0 Å². The molecule has 6 nitrogen and oxygen atoms in total. The van der Waals surface area contributed by atoms with Crippen molar-refractivity contribution in [2.24, 2.45) is 10.9 Å². The summed E-state index contributed by atoms with van der Waals surface area (Å²) in [6, 6.07) is 3.91. The molecule has 0 bridgehead atoms. The molecule has 1 aromatic heterocycles. The monoisotopic (exact) mass is 303 g/mol. The van der Waals surface area contributed by atoms with Gasteiger partial charge in [0, 0.05) is 24.7 Å². The maximum atomic E-state index is 12.2. The van der Waals surface area contributed by atoms with Crippen LogP contribution in [0, 0.1) is 5.92 Å². The number of aromatic nitrogens is 1. The lowest BCUT2D eigenvalue weighted by molar-refractivity contribution is -0.119. The minimum absolute atomic E-state index is 0.0575. The topological polar surface area (TPSA) is 64.0 Å². The molecule has 0 unspecified atom stereocenters. The SMILES string of the molecule is COc1ccc(CN2CCC(C(=O)C3=NCCO3)CC2)cn1. The highest BCUT2D eigenvalue weighted by Crippen LogP contribution is 2.21. The molecule has 0 aliphatic carbocycles. The fraction of sp³-hybridized carbons (Fsp3) is 0.562. The molecule has 0 amide bonds. The molecule has 2 aliphatic rings. The standard InChI is InChI=1S/C16H21N3O3/c1-21-14-3-2-12(10-18-14)11-19-7-4-13(5-8-19)15(20)16-17-6-9-22-16/h2-3,10,13H,4-9,11H2,1H3. The second kappa shape index (κ2) is 6.87. The zero-order valence-corrected chi connectivity index (χ0v) is 12.8. The van der Waals surface area contributed by atoms with E-state index in [2.05, 4.69) is 14.9 Å². The Bertz CT molecular complexity index is 548. The van der Waals surface area contributed by atoms with Gasteiger partial charge in [-0.05, 0) is 31.5 Å². The van der Waals surface area contributed by atoms with Gasteiger partial charge in [-0.3, -0.25) is 9.69 Å². The Kier molecular flexibility index (Phi) is 4.68. The van der Waals surface area contributed by atoms with Crippen LogP contribution in [0.5, 0.6) is 5.88 Å². The first-order chi connectivity index (χ1) is 10.8. The van der Waals surface area contributed by atoms with Gasteiger partial charge >= 0.3 is 0 Å². The van der Waals surface area contributed by atoms with Gasteiger partial charge < -0.3 is 9.47 Å². The number of Topliss-reactive ketones (excluding diaryl/α,β-unsaturated/α-hetero) is 1. The number of pyridine rings is 1. The number of piperidine rings is 1. The average Bonchev–Trinajstić information content (AvgIpc) is 3.10. The van der Waals surface area contributed by atoms with Crippen molar-refractivity contribution >= 4 is 11.7 Å². The quantitative estimate of drug-likeness (QED) is 0.820.